The molecule has 0 aliphatic rings. The first-order valence-electron chi connectivity index (χ1n) is 6.92. The van der Waals surface area contributed by atoms with Crippen molar-refractivity contribution >= 4 is 0 Å². The molecule has 1 atom stereocenters. The van der Waals surface area contributed by atoms with Gasteiger partial charge in [0.25, 0.3) is 0 Å². The second kappa shape index (κ2) is 6.59. The topological polar surface area (TPSA) is 43.4 Å². The van der Waals surface area contributed by atoms with Gasteiger partial charge in [0.2, 0.25) is 0 Å². The molecule has 4 nitrogen and oxygen atoms in total. The van der Waals surface area contributed by atoms with E-state index in [4.69, 9.17) is 9.47 Å². The van der Waals surface area contributed by atoms with Gasteiger partial charge in [-0.2, -0.15) is 0 Å². The maximum atomic E-state index is 5.44. The van der Waals surface area contributed by atoms with E-state index in [0.717, 1.165) is 22.6 Å². The van der Waals surface area contributed by atoms with Crippen LogP contribution < -0.4 is 14.8 Å². The van der Waals surface area contributed by atoms with Gasteiger partial charge in [-0.25, -0.2) is 0 Å². The SMILES string of the molecule is CNC(c1cc(C)c(OC)cc1C)c1ccncc1OC. The zero-order chi connectivity index (χ0) is 15.4. The molecule has 0 amide bonds. The van der Waals surface area contributed by atoms with Gasteiger partial charge in [0.05, 0.1) is 26.5 Å². The molecule has 0 radical (unpaired) electrons. The molecule has 0 saturated carbocycles. The molecule has 0 spiro atoms. The number of ether oxygens (including phenoxy) is 2. The lowest BCUT2D eigenvalue weighted by Crippen LogP contribution is -2.19. The van der Waals surface area contributed by atoms with Crippen molar-refractivity contribution in [3.05, 3.63) is 52.8 Å². The van der Waals surface area contributed by atoms with Gasteiger partial charge < -0.3 is 14.8 Å². The first kappa shape index (κ1) is 15.3. The van der Waals surface area contributed by atoms with Crippen molar-refractivity contribution < 1.29 is 9.47 Å². The highest BCUT2D eigenvalue weighted by molar-refractivity contribution is 5.48. The molecule has 1 unspecified atom stereocenters. The number of hydrogen-bond donors (Lipinski definition) is 1. The summed E-state index contributed by atoms with van der Waals surface area (Å²) < 4.78 is 10.8. The summed E-state index contributed by atoms with van der Waals surface area (Å²) in [6, 6.07) is 6.27. The second-order valence-electron chi connectivity index (χ2n) is 5.02. The predicted molar refractivity (Wildman–Crippen MR) is 84.2 cm³/mol. The third-order valence-corrected chi connectivity index (χ3v) is 3.73. The zero-order valence-corrected chi connectivity index (χ0v) is 13.2. The molecule has 0 saturated heterocycles. The number of methoxy groups -OCH3 is 2. The van der Waals surface area contributed by atoms with E-state index in [1.807, 2.05) is 13.1 Å². The van der Waals surface area contributed by atoms with E-state index in [9.17, 15) is 0 Å². The molecule has 4 heteroatoms. The van der Waals surface area contributed by atoms with Crippen LogP contribution in [0, 0.1) is 13.8 Å². The van der Waals surface area contributed by atoms with Crippen molar-refractivity contribution in [2.75, 3.05) is 21.3 Å². The Labute approximate surface area is 126 Å². The van der Waals surface area contributed by atoms with Gasteiger partial charge in [-0.1, -0.05) is 6.07 Å². The number of hydrogen-bond acceptors (Lipinski definition) is 4. The maximum absolute atomic E-state index is 5.44. The Morgan fingerprint density at radius 2 is 1.71 bits per heavy atom. The Balaban J connectivity index is 2.54. The van der Waals surface area contributed by atoms with Gasteiger partial charge in [-0.15, -0.1) is 0 Å². The zero-order valence-electron chi connectivity index (χ0n) is 13.2. The Hall–Kier alpha value is -2.07. The van der Waals surface area contributed by atoms with Gasteiger partial charge in [-0.3, -0.25) is 4.98 Å². The van der Waals surface area contributed by atoms with E-state index in [1.165, 1.54) is 11.1 Å². The van der Waals surface area contributed by atoms with Gasteiger partial charge in [0, 0.05) is 11.8 Å². The highest BCUT2D eigenvalue weighted by atomic mass is 16.5. The van der Waals surface area contributed by atoms with Crippen LogP contribution in [0.15, 0.2) is 30.6 Å². The predicted octanol–water partition coefficient (Wildman–Crippen LogP) is 3.02. The largest absolute Gasteiger partial charge is 0.496 e. The fourth-order valence-electron chi connectivity index (χ4n) is 2.62. The first-order valence-corrected chi connectivity index (χ1v) is 6.92. The van der Waals surface area contributed by atoms with Gasteiger partial charge >= 0.3 is 0 Å². The van der Waals surface area contributed by atoms with Crippen molar-refractivity contribution in [3.63, 3.8) is 0 Å². The highest BCUT2D eigenvalue weighted by Gasteiger charge is 2.19. The van der Waals surface area contributed by atoms with E-state index in [2.05, 4.69) is 36.3 Å². The fraction of sp³-hybridized carbons (Fsp3) is 0.353. The van der Waals surface area contributed by atoms with Crippen molar-refractivity contribution in [2.45, 2.75) is 19.9 Å². The Morgan fingerprint density at radius 3 is 2.33 bits per heavy atom. The molecular formula is C17H22N2O2. The summed E-state index contributed by atoms with van der Waals surface area (Å²) in [4.78, 5) is 4.12. The molecule has 0 aliphatic carbocycles. The van der Waals surface area contributed by atoms with Crippen molar-refractivity contribution in [2.24, 2.45) is 0 Å². The number of pyridine rings is 1. The van der Waals surface area contributed by atoms with Crippen LogP contribution in [0.25, 0.3) is 0 Å². The molecule has 0 aliphatic heterocycles. The Kier molecular flexibility index (Phi) is 4.81. The van der Waals surface area contributed by atoms with Crippen LogP contribution in [0.2, 0.25) is 0 Å². The summed E-state index contributed by atoms with van der Waals surface area (Å²) >= 11 is 0. The fourth-order valence-corrected chi connectivity index (χ4v) is 2.62. The number of nitrogens with zero attached hydrogens (tertiary/aromatic N) is 1. The average molecular weight is 286 g/mol. The summed E-state index contributed by atoms with van der Waals surface area (Å²) in [5.74, 6) is 1.69. The molecular weight excluding hydrogens is 264 g/mol. The second-order valence-corrected chi connectivity index (χ2v) is 5.02. The summed E-state index contributed by atoms with van der Waals surface area (Å²) in [6.45, 7) is 4.15. The third kappa shape index (κ3) is 3.00. The smallest absolute Gasteiger partial charge is 0.142 e. The van der Waals surface area contributed by atoms with Crippen LogP contribution in [-0.2, 0) is 0 Å². The third-order valence-electron chi connectivity index (χ3n) is 3.73. The van der Waals surface area contributed by atoms with E-state index in [1.54, 1.807) is 26.6 Å². The lowest BCUT2D eigenvalue weighted by Gasteiger charge is -2.22. The van der Waals surface area contributed by atoms with Gasteiger partial charge in [-0.05, 0) is 49.7 Å². The molecule has 0 bridgehead atoms. The summed E-state index contributed by atoms with van der Waals surface area (Å²) in [5.41, 5.74) is 4.57. The van der Waals surface area contributed by atoms with E-state index < -0.39 is 0 Å². The summed E-state index contributed by atoms with van der Waals surface area (Å²) in [6.07, 6.45) is 3.53. The van der Waals surface area contributed by atoms with Crippen molar-refractivity contribution in [1.82, 2.24) is 10.3 Å². The van der Waals surface area contributed by atoms with Crippen LogP contribution in [-0.4, -0.2) is 26.3 Å². The molecule has 1 aromatic carbocycles. The molecule has 2 aromatic rings. The minimum absolute atomic E-state index is 0.0487. The Morgan fingerprint density at radius 1 is 1.00 bits per heavy atom. The quantitative estimate of drug-likeness (QED) is 0.917. The monoisotopic (exact) mass is 286 g/mol. The van der Waals surface area contributed by atoms with E-state index in [-0.39, 0.29) is 6.04 Å². The summed E-state index contributed by atoms with van der Waals surface area (Å²) in [7, 11) is 5.31. The van der Waals surface area contributed by atoms with Crippen LogP contribution >= 0.6 is 0 Å². The minimum Gasteiger partial charge on any atom is -0.496 e. The standard InChI is InChI=1S/C17H22N2O2/c1-11-9-15(20-4)12(2)8-14(11)17(18-3)13-6-7-19-10-16(13)21-5/h6-10,17-18H,1-5H3. The Bertz CT molecular complexity index is 626. The normalized spacial score (nSPS) is 12.0. The minimum atomic E-state index is 0.0487. The first-order chi connectivity index (χ1) is 10.1. The maximum Gasteiger partial charge on any atom is 0.142 e. The lowest BCUT2D eigenvalue weighted by molar-refractivity contribution is 0.403. The summed E-state index contributed by atoms with van der Waals surface area (Å²) in [5, 5.41) is 3.37. The van der Waals surface area contributed by atoms with E-state index in [0.29, 0.717) is 0 Å². The van der Waals surface area contributed by atoms with Crippen molar-refractivity contribution in [3.8, 4) is 11.5 Å². The highest BCUT2D eigenvalue weighted by Crippen LogP contribution is 2.33. The molecule has 2 rings (SSSR count). The molecule has 1 N–H and O–H groups in total. The van der Waals surface area contributed by atoms with Crippen LogP contribution in [0.5, 0.6) is 11.5 Å². The molecule has 21 heavy (non-hydrogen) atoms. The number of rotatable bonds is 5. The van der Waals surface area contributed by atoms with Crippen LogP contribution in [0.3, 0.4) is 0 Å². The average Bonchev–Trinajstić information content (AvgIpc) is 2.51. The van der Waals surface area contributed by atoms with Gasteiger partial charge in [0.1, 0.15) is 11.5 Å². The van der Waals surface area contributed by atoms with Crippen LogP contribution in [0.1, 0.15) is 28.3 Å². The lowest BCUT2D eigenvalue weighted by atomic mass is 9.93. The number of aromatic nitrogens is 1. The number of benzene rings is 1. The molecule has 112 valence electrons. The van der Waals surface area contributed by atoms with Crippen molar-refractivity contribution in [1.29, 1.82) is 0 Å². The molecule has 1 aromatic heterocycles. The van der Waals surface area contributed by atoms with Gasteiger partial charge in [0.15, 0.2) is 0 Å². The van der Waals surface area contributed by atoms with Crippen LogP contribution in [0.4, 0.5) is 0 Å². The molecule has 0 fully saturated rings. The van der Waals surface area contributed by atoms with E-state index >= 15 is 0 Å². The molecule has 1 heterocycles. The number of aryl methyl sites for hydroxylation is 2. The number of nitrogens with one attached hydrogen (secondary N) is 1.